The van der Waals surface area contributed by atoms with Gasteiger partial charge in [0.05, 0.1) is 0 Å². The number of esters is 2. The number of halogens is 2. The topological polar surface area (TPSA) is 84.2 Å². The van der Waals surface area contributed by atoms with E-state index in [0.717, 1.165) is 59.6 Å². The van der Waals surface area contributed by atoms with Crippen molar-refractivity contribution in [2.75, 3.05) is 0 Å². The second-order valence-corrected chi connectivity index (χ2v) is 14.0. The van der Waals surface area contributed by atoms with Crippen molar-refractivity contribution in [2.45, 2.75) is 110 Å². The van der Waals surface area contributed by atoms with Gasteiger partial charge in [-0.3, -0.25) is 9.59 Å². The average Bonchev–Trinajstić information content (AvgIpc) is 3.59. The van der Waals surface area contributed by atoms with Gasteiger partial charge in [-0.1, -0.05) is 50.9 Å². The summed E-state index contributed by atoms with van der Waals surface area (Å²) in [5.41, 5.74) is 5.87. The zero-order valence-electron chi connectivity index (χ0n) is 26.8. The van der Waals surface area contributed by atoms with Crippen molar-refractivity contribution in [1.82, 2.24) is 9.97 Å². The molecule has 2 aliphatic carbocycles. The first-order chi connectivity index (χ1) is 21.6. The number of benzene rings is 2. The number of hydrogen-bond acceptors (Lipinski definition) is 4. The monoisotopic (exact) mass is 650 g/mol. The van der Waals surface area contributed by atoms with Gasteiger partial charge < -0.3 is 19.4 Å². The van der Waals surface area contributed by atoms with Crippen LogP contribution in [0.3, 0.4) is 0 Å². The maximum Gasteiger partial charge on any atom is 0.317 e. The van der Waals surface area contributed by atoms with Crippen LogP contribution in [0.25, 0.3) is 21.8 Å². The Hall–Kier alpha value is -2.96. The number of ether oxygens (including phenoxy) is 2. The molecule has 240 valence electrons. The molecule has 6 nitrogen and oxygen atoms in total. The van der Waals surface area contributed by atoms with E-state index < -0.39 is 23.1 Å². The molecule has 8 heteroatoms. The van der Waals surface area contributed by atoms with Crippen LogP contribution in [0.1, 0.15) is 95.2 Å². The number of carbonyl (C=O) groups excluding carboxylic acids is 2. The van der Waals surface area contributed by atoms with E-state index in [4.69, 9.17) is 32.7 Å². The van der Waals surface area contributed by atoms with Gasteiger partial charge >= 0.3 is 11.9 Å². The molecule has 4 aromatic rings. The highest BCUT2D eigenvalue weighted by atomic mass is 35.5. The molecular weight excluding hydrogens is 607 g/mol. The van der Waals surface area contributed by atoms with E-state index >= 15 is 0 Å². The Kier molecular flexibility index (Phi) is 9.02. The molecule has 0 bridgehead atoms. The van der Waals surface area contributed by atoms with Crippen molar-refractivity contribution in [3.05, 3.63) is 69.0 Å². The molecular formula is C37H44Cl2N2O4. The number of rotatable bonds is 10. The lowest BCUT2D eigenvalue weighted by Crippen LogP contribution is -2.46. The molecule has 45 heavy (non-hydrogen) atoms. The predicted molar refractivity (Wildman–Crippen MR) is 181 cm³/mol. The average molecular weight is 652 g/mol. The van der Waals surface area contributed by atoms with E-state index in [0.29, 0.717) is 25.7 Å². The smallest absolute Gasteiger partial charge is 0.317 e. The van der Waals surface area contributed by atoms with Crippen molar-refractivity contribution in [3.63, 3.8) is 0 Å². The number of aryl methyl sites for hydroxylation is 2. The molecule has 0 spiro atoms. The molecule has 2 aromatic carbocycles. The van der Waals surface area contributed by atoms with Crippen LogP contribution >= 0.6 is 23.2 Å². The third-order valence-corrected chi connectivity index (χ3v) is 11.6. The van der Waals surface area contributed by atoms with Gasteiger partial charge in [-0.05, 0) is 112 Å². The van der Waals surface area contributed by atoms with E-state index in [1.165, 1.54) is 33.3 Å². The van der Waals surface area contributed by atoms with Gasteiger partial charge in [-0.25, -0.2) is 0 Å². The first-order valence-electron chi connectivity index (χ1n) is 16.7. The predicted octanol–water partition coefficient (Wildman–Crippen LogP) is 9.46. The van der Waals surface area contributed by atoms with Crippen molar-refractivity contribution < 1.29 is 19.1 Å². The Morgan fingerprint density at radius 1 is 0.711 bits per heavy atom. The zero-order chi connectivity index (χ0) is 31.9. The van der Waals surface area contributed by atoms with E-state index in [1.807, 2.05) is 36.4 Å². The standard InChI is InChI=1S/C37H44Cl2N2O4/c1-5-36(6-2,22-9-13-26-28-19-24(38)11-15-30(28)40-32(26)17-22)44-34(42)21-35(43)45-37(7-3,8-4)23-10-14-27-29-20-25(39)12-16-31(29)41-33(27)18-23/h11-12,15-16,19-20,22-23,40-41H,5-10,13-14,17-18,21H2,1-4H3. The summed E-state index contributed by atoms with van der Waals surface area (Å²) >= 11 is 12.6. The summed E-state index contributed by atoms with van der Waals surface area (Å²) in [5.74, 6) is -0.706. The van der Waals surface area contributed by atoms with E-state index in [9.17, 15) is 9.59 Å². The van der Waals surface area contributed by atoms with Crippen LogP contribution in [0.5, 0.6) is 0 Å². The largest absolute Gasteiger partial charge is 0.458 e. The Balaban J connectivity index is 1.13. The molecule has 6 rings (SSSR count). The van der Waals surface area contributed by atoms with Gasteiger partial charge in [-0.2, -0.15) is 0 Å². The number of aromatic amines is 2. The Morgan fingerprint density at radius 2 is 1.11 bits per heavy atom. The quantitative estimate of drug-likeness (QED) is 0.132. The summed E-state index contributed by atoms with van der Waals surface area (Å²) in [4.78, 5) is 34.0. The summed E-state index contributed by atoms with van der Waals surface area (Å²) in [6.45, 7) is 8.29. The Bertz CT molecular complexity index is 1600. The van der Waals surface area contributed by atoms with Crippen molar-refractivity contribution in [3.8, 4) is 0 Å². The molecule has 2 atom stereocenters. The fourth-order valence-electron chi connectivity index (χ4n) is 8.46. The first kappa shape index (κ1) is 32.0. The Labute approximate surface area is 275 Å². The lowest BCUT2D eigenvalue weighted by molar-refractivity contribution is -0.180. The maximum absolute atomic E-state index is 13.4. The first-order valence-corrected chi connectivity index (χ1v) is 17.4. The van der Waals surface area contributed by atoms with Gasteiger partial charge in [0.1, 0.15) is 17.6 Å². The maximum atomic E-state index is 13.4. The van der Waals surface area contributed by atoms with Crippen LogP contribution in [0.2, 0.25) is 10.0 Å². The molecule has 2 aromatic heterocycles. The van der Waals surface area contributed by atoms with E-state index in [-0.39, 0.29) is 18.3 Å². The highest BCUT2D eigenvalue weighted by Crippen LogP contribution is 2.43. The molecule has 2 unspecified atom stereocenters. The minimum Gasteiger partial charge on any atom is -0.458 e. The summed E-state index contributed by atoms with van der Waals surface area (Å²) < 4.78 is 12.6. The molecule has 0 saturated heterocycles. The summed E-state index contributed by atoms with van der Waals surface area (Å²) in [6.07, 6.45) is 7.54. The molecule has 0 amide bonds. The van der Waals surface area contributed by atoms with Crippen LogP contribution < -0.4 is 0 Å². The number of nitrogens with one attached hydrogen (secondary N) is 2. The molecule has 0 fully saturated rings. The molecule has 0 saturated carbocycles. The normalized spacial score (nSPS) is 18.5. The third kappa shape index (κ3) is 5.89. The molecule has 0 aliphatic heterocycles. The van der Waals surface area contributed by atoms with Crippen LogP contribution in [-0.2, 0) is 44.7 Å². The highest BCUT2D eigenvalue weighted by Gasteiger charge is 2.44. The van der Waals surface area contributed by atoms with Crippen LogP contribution in [0.15, 0.2) is 36.4 Å². The minimum atomic E-state index is -0.644. The van der Waals surface area contributed by atoms with Crippen molar-refractivity contribution in [2.24, 2.45) is 11.8 Å². The minimum absolute atomic E-state index is 0.150. The molecule has 2 N–H and O–H groups in total. The van der Waals surface area contributed by atoms with Gasteiger partial charge in [0, 0.05) is 55.1 Å². The summed E-state index contributed by atoms with van der Waals surface area (Å²) in [6, 6.07) is 11.9. The van der Waals surface area contributed by atoms with Crippen molar-refractivity contribution >= 4 is 56.9 Å². The second-order valence-electron chi connectivity index (χ2n) is 13.1. The molecule has 0 radical (unpaired) electrons. The number of aromatic nitrogens is 2. The van der Waals surface area contributed by atoms with Gasteiger partial charge in [0.25, 0.3) is 0 Å². The van der Waals surface area contributed by atoms with Crippen molar-refractivity contribution in [1.29, 1.82) is 0 Å². The summed E-state index contributed by atoms with van der Waals surface area (Å²) in [7, 11) is 0. The lowest BCUT2D eigenvalue weighted by atomic mass is 9.73. The molecule has 2 aliphatic rings. The van der Waals surface area contributed by atoms with Crippen LogP contribution in [-0.4, -0.2) is 33.1 Å². The molecule has 2 heterocycles. The van der Waals surface area contributed by atoms with E-state index in [2.05, 4.69) is 37.7 Å². The lowest BCUT2D eigenvalue weighted by Gasteiger charge is -2.42. The zero-order valence-corrected chi connectivity index (χ0v) is 28.3. The van der Waals surface area contributed by atoms with Crippen LogP contribution in [0.4, 0.5) is 0 Å². The number of carbonyl (C=O) groups is 2. The number of fused-ring (bicyclic) bond motifs is 6. The SMILES string of the molecule is CCC(CC)(OC(=O)CC(=O)OC(CC)(CC)C1CCc2c([nH]c3ccc(Cl)cc23)C1)C1CCc2c([nH]c3ccc(Cl)cc23)C1. The van der Waals surface area contributed by atoms with Gasteiger partial charge in [0.2, 0.25) is 0 Å². The van der Waals surface area contributed by atoms with Gasteiger partial charge in [0.15, 0.2) is 0 Å². The van der Waals surface area contributed by atoms with Crippen LogP contribution in [0, 0.1) is 11.8 Å². The Morgan fingerprint density at radius 3 is 1.49 bits per heavy atom. The summed E-state index contributed by atoms with van der Waals surface area (Å²) in [5, 5.41) is 3.81. The third-order valence-electron chi connectivity index (χ3n) is 11.1. The van der Waals surface area contributed by atoms with Gasteiger partial charge in [-0.15, -0.1) is 0 Å². The number of H-pyrrole nitrogens is 2. The fourth-order valence-corrected chi connectivity index (χ4v) is 8.80. The second kappa shape index (κ2) is 12.7. The fraction of sp³-hybridized carbons (Fsp3) is 0.514. The number of hydrogen-bond donors (Lipinski definition) is 2. The van der Waals surface area contributed by atoms with E-state index in [1.54, 1.807) is 0 Å². The highest BCUT2D eigenvalue weighted by molar-refractivity contribution is 6.31.